The third-order valence-electron chi connectivity index (χ3n) is 5.00. The summed E-state index contributed by atoms with van der Waals surface area (Å²) in [6.45, 7) is -1.58. The number of halogens is 7. The summed E-state index contributed by atoms with van der Waals surface area (Å²) in [4.78, 5) is 4.66. The van der Waals surface area contributed by atoms with Crippen LogP contribution in [0.3, 0.4) is 0 Å². The van der Waals surface area contributed by atoms with Crippen molar-refractivity contribution in [1.82, 2.24) is 9.88 Å². The standard InChI is InChI=1S/C19H17F7N2/c20-10-15-8-14(9-16(27-15)18(21,22)23)17(19(24,25)26)6-7-28(12-17)11-13-4-2-1-3-5-13/h1-5,8-9H,6-7,10-12H2. The number of likely N-dealkylation sites (tertiary alicyclic amines) is 1. The molecule has 1 aromatic carbocycles. The van der Waals surface area contributed by atoms with Crippen LogP contribution in [0.25, 0.3) is 0 Å². The van der Waals surface area contributed by atoms with E-state index in [4.69, 9.17) is 0 Å². The molecule has 9 heteroatoms. The largest absolute Gasteiger partial charge is 0.433 e. The maximum absolute atomic E-state index is 14.1. The Kier molecular flexibility index (Phi) is 5.40. The van der Waals surface area contributed by atoms with Crippen molar-refractivity contribution < 1.29 is 30.7 Å². The fourth-order valence-electron chi connectivity index (χ4n) is 3.57. The van der Waals surface area contributed by atoms with Crippen molar-refractivity contribution in [3.63, 3.8) is 0 Å². The first kappa shape index (κ1) is 20.6. The van der Waals surface area contributed by atoms with E-state index < -0.39 is 54.4 Å². The molecule has 1 saturated heterocycles. The predicted octanol–water partition coefficient (Wildman–Crippen LogP) is 5.28. The Hall–Kier alpha value is -2.16. The van der Waals surface area contributed by atoms with Gasteiger partial charge in [0, 0.05) is 13.1 Å². The molecule has 0 radical (unpaired) electrons. The van der Waals surface area contributed by atoms with Crippen molar-refractivity contribution in [1.29, 1.82) is 0 Å². The third-order valence-corrected chi connectivity index (χ3v) is 5.00. The maximum atomic E-state index is 14.1. The quantitative estimate of drug-likeness (QED) is 0.643. The van der Waals surface area contributed by atoms with Crippen molar-refractivity contribution >= 4 is 0 Å². The molecule has 0 amide bonds. The highest BCUT2D eigenvalue weighted by Gasteiger charge is 2.59. The van der Waals surface area contributed by atoms with Gasteiger partial charge in [-0.05, 0) is 36.2 Å². The van der Waals surface area contributed by atoms with Gasteiger partial charge in [0.25, 0.3) is 0 Å². The van der Waals surface area contributed by atoms with Gasteiger partial charge in [0.05, 0.1) is 5.69 Å². The molecule has 2 aromatic rings. The highest BCUT2D eigenvalue weighted by Crippen LogP contribution is 2.48. The van der Waals surface area contributed by atoms with Crippen LogP contribution < -0.4 is 0 Å². The Morgan fingerprint density at radius 3 is 2.25 bits per heavy atom. The first-order chi connectivity index (χ1) is 13.0. The molecule has 1 aliphatic heterocycles. The van der Waals surface area contributed by atoms with Crippen LogP contribution in [0.2, 0.25) is 0 Å². The maximum Gasteiger partial charge on any atom is 0.433 e. The fourth-order valence-corrected chi connectivity index (χ4v) is 3.57. The summed E-state index contributed by atoms with van der Waals surface area (Å²) in [6, 6.07) is 10.0. The summed E-state index contributed by atoms with van der Waals surface area (Å²) >= 11 is 0. The number of aromatic nitrogens is 1. The second-order valence-electron chi connectivity index (χ2n) is 6.89. The molecule has 1 aliphatic rings. The van der Waals surface area contributed by atoms with Gasteiger partial charge in [-0.15, -0.1) is 0 Å². The highest BCUT2D eigenvalue weighted by atomic mass is 19.4. The predicted molar refractivity (Wildman–Crippen MR) is 88.1 cm³/mol. The summed E-state index contributed by atoms with van der Waals surface area (Å²) in [7, 11) is 0. The van der Waals surface area contributed by atoms with Crippen LogP contribution in [0.5, 0.6) is 0 Å². The van der Waals surface area contributed by atoms with Gasteiger partial charge in [-0.2, -0.15) is 26.3 Å². The normalized spacial score (nSPS) is 21.2. The lowest BCUT2D eigenvalue weighted by Crippen LogP contribution is -2.45. The van der Waals surface area contributed by atoms with Crippen molar-refractivity contribution in [2.75, 3.05) is 13.1 Å². The van der Waals surface area contributed by atoms with Gasteiger partial charge in [0.15, 0.2) is 0 Å². The molecule has 1 fully saturated rings. The first-order valence-electron chi connectivity index (χ1n) is 8.53. The zero-order valence-corrected chi connectivity index (χ0v) is 14.6. The number of rotatable bonds is 4. The SMILES string of the molecule is FCc1cc(C2(C(F)(F)F)CCN(Cc3ccccc3)C2)cc(C(F)(F)F)n1. The minimum atomic E-state index is -4.96. The molecule has 0 N–H and O–H groups in total. The molecule has 2 heterocycles. The molecule has 1 unspecified atom stereocenters. The molecule has 0 saturated carbocycles. The smallest absolute Gasteiger partial charge is 0.298 e. The Morgan fingerprint density at radius 2 is 1.68 bits per heavy atom. The summed E-state index contributed by atoms with van der Waals surface area (Å²) < 4.78 is 94.4. The van der Waals surface area contributed by atoms with E-state index in [9.17, 15) is 30.7 Å². The van der Waals surface area contributed by atoms with E-state index in [1.54, 1.807) is 35.2 Å². The van der Waals surface area contributed by atoms with Crippen LogP contribution in [0.15, 0.2) is 42.5 Å². The summed E-state index contributed by atoms with van der Waals surface area (Å²) in [6.07, 6.45) is -10.2. The number of hydrogen-bond donors (Lipinski definition) is 0. The topological polar surface area (TPSA) is 16.1 Å². The summed E-state index contributed by atoms with van der Waals surface area (Å²) in [5, 5.41) is 0. The summed E-state index contributed by atoms with van der Waals surface area (Å²) in [5.41, 5.74) is -4.46. The van der Waals surface area contributed by atoms with Gasteiger partial charge in [-0.3, -0.25) is 4.90 Å². The Balaban J connectivity index is 2.00. The van der Waals surface area contributed by atoms with Gasteiger partial charge in [-0.1, -0.05) is 30.3 Å². The average Bonchev–Trinajstić information content (AvgIpc) is 3.06. The molecule has 1 atom stereocenters. The number of benzene rings is 1. The minimum Gasteiger partial charge on any atom is -0.298 e. The lowest BCUT2D eigenvalue weighted by atomic mass is 9.78. The highest BCUT2D eigenvalue weighted by molar-refractivity contribution is 5.34. The van der Waals surface area contributed by atoms with E-state index in [1.165, 1.54) is 0 Å². The molecule has 28 heavy (non-hydrogen) atoms. The molecule has 152 valence electrons. The van der Waals surface area contributed by atoms with Crippen LogP contribution in [0.4, 0.5) is 30.7 Å². The number of hydrogen-bond acceptors (Lipinski definition) is 2. The monoisotopic (exact) mass is 406 g/mol. The van der Waals surface area contributed by atoms with Crippen molar-refractivity contribution in [2.45, 2.75) is 37.4 Å². The van der Waals surface area contributed by atoms with Gasteiger partial charge in [0.2, 0.25) is 0 Å². The van der Waals surface area contributed by atoms with Crippen molar-refractivity contribution in [3.8, 4) is 0 Å². The second-order valence-corrected chi connectivity index (χ2v) is 6.89. The fraction of sp³-hybridized carbons (Fsp3) is 0.421. The van der Waals surface area contributed by atoms with Crippen LogP contribution in [0.1, 0.15) is 28.9 Å². The Bertz CT molecular complexity index is 817. The van der Waals surface area contributed by atoms with E-state index >= 15 is 0 Å². The molecule has 1 aromatic heterocycles. The Labute approximate surface area is 157 Å². The van der Waals surface area contributed by atoms with Crippen molar-refractivity contribution in [3.05, 3.63) is 65.0 Å². The van der Waals surface area contributed by atoms with E-state index in [-0.39, 0.29) is 13.1 Å². The number of pyridine rings is 1. The average molecular weight is 406 g/mol. The minimum absolute atomic E-state index is 0.0586. The molecule has 2 nitrogen and oxygen atoms in total. The van der Waals surface area contributed by atoms with Gasteiger partial charge in [-0.25, -0.2) is 9.37 Å². The van der Waals surface area contributed by atoms with Crippen LogP contribution in [0, 0.1) is 0 Å². The van der Waals surface area contributed by atoms with Gasteiger partial charge < -0.3 is 0 Å². The van der Waals surface area contributed by atoms with E-state index in [1.807, 2.05) is 0 Å². The van der Waals surface area contributed by atoms with E-state index in [0.29, 0.717) is 6.07 Å². The van der Waals surface area contributed by atoms with E-state index in [2.05, 4.69) is 4.98 Å². The van der Waals surface area contributed by atoms with Gasteiger partial charge in [0.1, 0.15) is 17.8 Å². The Morgan fingerprint density at radius 1 is 1.00 bits per heavy atom. The third kappa shape index (κ3) is 3.99. The molecule has 0 aliphatic carbocycles. The molecule has 3 rings (SSSR count). The second kappa shape index (κ2) is 7.35. The number of alkyl halides is 7. The van der Waals surface area contributed by atoms with E-state index in [0.717, 1.165) is 11.6 Å². The van der Waals surface area contributed by atoms with Crippen LogP contribution in [-0.4, -0.2) is 29.1 Å². The lowest BCUT2D eigenvalue weighted by molar-refractivity contribution is -0.187. The van der Waals surface area contributed by atoms with Crippen molar-refractivity contribution in [2.24, 2.45) is 0 Å². The molecule has 0 bridgehead atoms. The molecular formula is C19H17F7N2. The summed E-state index contributed by atoms with van der Waals surface area (Å²) in [5.74, 6) is 0. The first-order valence-corrected chi connectivity index (χ1v) is 8.53. The van der Waals surface area contributed by atoms with Crippen LogP contribution in [-0.2, 0) is 24.8 Å². The van der Waals surface area contributed by atoms with Crippen LogP contribution >= 0.6 is 0 Å². The molecular weight excluding hydrogens is 389 g/mol. The number of nitrogens with zero attached hydrogens (tertiary/aromatic N) is 2. The zero-order valence-electron chi connectivity index (χ0n) is 14.6. The molecule has 0 spiro atoms. The van der Waals surface area contributed by atoms with Gasteiger partial charge >= 0.3 is 12.4 Å². The lowest BCUT2D eigenvalue weighted by Gasteiger charge is -2.33. The zero-order chi connectivity index (χ0) is 20.6.